The minimum absolute atomic E-state index is 0.0719. The van der Waals surface area contributed by atoms with Crippen LogP contribution in [-0.4, -0.2) is 23.7 Å². The highest BCUT2D eigenvalue weighted by Crippen LogP contribution is 2.35. The maximum atomic E-state index is 12.3. The molecule has 4 nitrogen and oxygen atoms in total. The molecule has 0 radical (unpaired) electrons. The molecule has 0 atom stereocenters. The lowest BCUT2D eigenvalue weighted by Crippen LogP contribution is -2.03. The van der Waals surface area contributed by atoms with E-state index in [0.717, 1.165) is 22.4 Å². The summed E-state index contributed by atoms with van der Waals surface area (Å²) in [5, 5.41) is 1.06. The van der Waals surface area contributed by atoms with E-state index in [2.05, 4.69) is 4.98 Å². The summed E-state index contributed by atoms with van der Waals surface area (Å²) in [4.78, 5) is 4.81. The van der Waals surface area contributed by atoms with Gasteiger partial charge in [-0.2, -0.15) is 0 Å². The Balaban J connectivity index is 1.78. The molecule has 4 rings (SSSR count). The molecule has 0 fully saturated rings. The molecule has 158 valence electrons. The molecular weight excluding hydrogens is 451 g/mol. The monoisotopic (exact) mass is 470 g/mol. The van der Waals surface area contributed by atoms with Crippen LogP contribution < -0.4 is 0 Å². The standard InChI is InChI=1S/C24H20Cl2N2O2S/c1-3-31(29,30)19-7-4-6-17(15-19)18-10-11-22(16(2)14-18)28-13-12-27-24(28)23-20(25)8-5-9-21(23)26/h4-15H,3H2,1-2H3. The van der Waals surface area contributed by atoms with Crippen LogP contribution >= 0.6 is 23.2 Å². The molecule has 1 aromatic heterocycles. The third-order valence-corrected chi connectivity index (χ3v) is 7.55. The van der Waals surface area contributed by atoms with Crippen LogP contribution in [-0.2, 0) is 9.84 Å². The van der Waals surface area contributed by atoms with E-state index in [1.54, 1.807) is 49.5 Å². The number of rotatable bonds is 5. The van der Waals surface area contributed by atoms with E-state index in [9.17, 15) is 8.42 Å². The van der Waals surface area contributed by atoms with Gasteiger partial charge in [0.15, 0.2) is 9.84 Å². The minimum Gasteiger partial charge on any atom is -0.299 e. The molecule has 1 heterocycles. The maximum absolute atomic E-state index is 12.3. The smallest absolute Gasteiger partial charge is 0.178 e. The van der Waals surface area contributed by atoms with E-state index in [4.69, 9.17) is 23.2 Å². The van der Waals surface area contributed by atoms with Crippen molar-refractivity contribution in [2.24, 2.45) is 0 Å². The van der Waals surface area contributed by atoms with Gasteiger partial charge in [0.1, 0.15) is 5.82 Å². The molecule has 0 N–H and O–H groups in total. The van der Waals surface area contributed by atoms with Gasteiger partial charge in [-0.1, -0.05) is 54.4 Å². The zero-order chi connectivity index (χ0) is 22.2. The normalized spacial score (nSPS) is 11.6. The van der Waals surface area contributed by atoms with Gasteiger partial charge in [0.05, 0.1) is 31.9 Å². The number of halogens is 2. The van der Waals surface area contributed by atoms with Gasteiger partial charge in [0.25, 0.3) is 0 Å². The summed E-state index contributed by atoms with van der Waals surface area (Å²) in [6.07, 6.45) is 3.58. The van der Waals surface area contributed by atoms with Crippen molar-refractivity contribution in [3.63, 3.8) is 0 Å². The zero-order valence-electron chi connectivity index (χ0n) is 17.0. The van der Waals surface area contributed by atoms with E-state index in [-0.39, 0.29) is 5.75 Å². The van der Waals surface area contributed by atoms with Crippen LogP contribution in [0, 0.1) is 6.92 Å². The molecule has 0 aliphatic rings. The Morgan fingerprint density at radius 3 is 2.29 bits per heavy atom. The number of nitrogens with zero attached hydrogens (tertiary/aromatic N) is 2. The summed E-state index contributed by atoms with van der Waals surface area (Å²) in [7, 11) is -3.26. The fourth-order valence-corrected chi connectivity index (χ4v) is 5.03. The largest absolute Gasteiger partial charge is 0.299 e. The number of aryl methyl sites for hydroxylation is 1. The minimum atomic E-state index is -3.26. The molecule has 0 aliphatic heterocycles. The van der Waals surface area contributed by atoms with Crippen molar-refractivity contribution in [2.75, 3.05) is 5.75 Å². The summed E-state index contributed by atoms with van der Waals surface area (Å²) in [6, 6.07) is 18.4. The van der Waals surface area contributed by atoms with Gasteiger partial charge in [-0.05, 0) is 60.0 Å². The van der Waals surface area contributed by atoms with E-state index in [1.165, 1.54) is 0 Å². The second-order valence-electron chi connectivity index (χ2n) is 7.15. The number of imidazole rings is 1. The molecule has 4 aromatic rings. The van der Waals surface area contributed by atoms with Gasteiger partial charge in [-0.3, -0.25) is 4.57 Å². The Morgan fingerprint density at radius 1 is 0.935 bits per heavy atom. The Hall–Kier alpha value is -2.60. The van der Waals surface area contributed by atoms with Crippen molar-refractivity contribution >= 4 is 33.0 Å². The van der Waals surface area contributed by atoms with E-state index >= 15 is 0 Å². The van der Waals surface area contributed by atoms with Crippen LogP contribution in [0.3, 0.4) is 0 Å². The van der Waals surface area contributed by atoms with Crippen LogP contribution in [0.2, 0.25) is 10.0 Å². The van der Waals surface area contributed by atoms with Gasteiger partial charge < -0.3 is 0 Å². The topological polar surface area (TPSA) is 52.0 Å². The highest BCUT2D eigenvalue weighted by atomic mass is 35.5. The highest BCUT2D eigenvalue weighted by Gasteiger charge is 2.17. The molecule has 0 amide bonds. The average molecular weight is 471 g/mol. The molecule has 0 unspecified atom stereocenters. The van der Waals surface area contributed by atoms with Crippen molar-refractivity contribution in [1.82, 2.24) is 9.55 Å². The fourth-order valence-electron chi connectivity index (χ4n) is 3.54. The maximum Gasteiger partial charge on any atom is 0.178 e. The predicted octanol–water partition coefficient (Wildman–Crippen LogP) is 6.62. The first kappa shape index (κ1) is 21.6. The number of benzene rings is 3. The van der Waals surface area contributed by atoms with Gasteiger partial charge in [-0.15, -0.1) is 0 Å². The van der Waals surface area contributed by atoms with Crippen LogP contribution in [0.5, 0.6) is 0 Å². The number of hydrogen-bond acceptors (Lipinski definition) is 3. The lowest BCUT2D eigenvalue weighted by Gasteiger charge is -2.14. The first-order valence-electron chi connectivity index (χ1n) is 9.74. The first-order valence-corrected chi connectivity index (χ1v) is 12.1. The Labute approximate surface area is 192 Å². The Bertz CT molecular complexity index is 1360. The molecule has 0 saturated carbocycles. The lowest BCUT2D eigenvalue weighted by molar-refractivity contribution is 0.597. The molecule has 0 spiro atoms. The Kier molecular flexibility index (Phi) is 5.93. The number of sulfone groups is 1. The molecule has 0 bridgehead atoms. The molecule has 0 aliphatic carbocycles. The summed E-state index contributed by atoms with van der Waals surface area (Å²) in [6.45, 7) is 3.65. The zero-order valence-corrected chi connectivity index (χ0v) is 19.3. The van der Waals surface area contributed by atoms with Crippen molar-refractivity contribution in [1.29, 1.82) is 0 Å². The highest BCUT2D eigenvalue weighted by molar-refractivity contribution is 7.91. The molecule has 3 aromatic carbocycles. The average Bonchev–Trinajstić information content (AvgIpc) is 3.22. The summed E-state index contributed by atoms with van der Waals surface area (Å²) in [5.41, 5.74) is 4.40. The fraction of sp³-hybridized carbons (Fsp3) is 0.125. The second-order valence-corrected chi connectivity index (χ2v) is 10.2. The van der Waals surface area contributed by atoms with Gasteiger partial charge in [0, 0.05) is 12.4 Å². The van der Waals surface area contributed by atoms with Crippen molar-refractivity contribution in [3.8, 4) is 28.2 Å². The Morgan fingerprint density at radius 2 is 1.61 bits per heavy atom. The van der Waals surface area contributed by atoms with Crippen LogP contribution in [0.15, 0.2) is 78.0 Å². The number of hydrogen-bond donors (Lipinski definition) is 0. The molecule has 7 heteroatoms. The van der Waals surface area contributed by atoms with Gasteiger partial charge in [-0.25, -0.2) is 13.4 Å². The van der Waals surface area contributed by atoms with Crippen LogP contribution in [0.4, 0.5) is 0 Å². The third kappa shape index (κ3) is 4.13. The SMILES string of the molecule is CCS(=O)(=O)c1cccc(-c2ccc(-n3ccnc3-c3c(Cl)cccc3Cl)c(C)c2)c1. The summed E-state index contributed by atoms with van der Waals surface area (Å²) >= 11 is 12.8. The predicted molar refractivity (Wildman–Crippen MR) is 127 cm³/mol. The van der Waals surface area contributed by atoms with Gasteiger partial charge in [0.2, 0.25) is 0 Å². The number of aromatic nitrogens is 2. The van der Waals surface area contributed by atoms with Crippen LogP contribution in [0.25, 0.3) is 28.2 Å². The van der Waals surface area contributed by atoms with Crippen molar-refractivity contribution < 1.29 is 8.42 Å². The summed E-state index contributed by atoms with van der Waals surface area (Å²) in [5.74, 6) is 0.727. The van der Waals surface area contributed by atoms with E-state index in [1.807, 2.05) is 42.0 Å². The van der Waals surface area contributed by atoms with Crippen LogP contribution in [0.1, 0.15) is 12.5 Å². The van der Waals surface area contributed by atoms with Crippen molar-refractivity contribution in [2.45, 2.75) is 18.7 Å². The molecule has 31 heavy (non-hydrogen) atoms. The van der Waals surface area contributed by atoms with Crippen molar-refractivity contribution in [3.05, 3.63) is 88.7 Å². The summed E-state index contributed by atoms with van der Waals surface area (Å²) < 4.78 is 26.5. The quantitative estimate of drug-likeness (QED) is 0.329. The third-order valence-electron chi connectivity index (χ3n) is 5.19. The lowest BCUT2D eigenvalue weighted by atomic mass is 10.0. The second kappa shape index (κ2) is 8.50. The van der Waals surface area contributed by atoms with E-state index < -0.39 is 9.84 Å². The molecular formula is C24H20Cl2N2O2S. The molecule has 0 saturated heterocycles. The first-order chi connectivity index (χ1) is 14.8. The van der Waals surface area contributed by atoms with Gasteiger partial charge >= 0.3 is 0 Å². The van der Waals surface area contributed by atoms with E-state index in [0.29, 0.717) is 26.3 Å².